The molecule has 25 heavy (non-hydrogen) atoms. The summed E-state index contributed by atoms with van der Waals surface area (Å²) in [6.07, 6.45) is -4.78. The van der Waals surface area contributed by atoms with Gasteiger partial charge in [0.2, 0.25) is 0 Å². The van der Waals surface area contributed by atoms with Crippen molar-refractivity contribution in [2.45, 2.75) is 43.4 Å². The Morgan fingerprint density at radius 3 is 2.64 bits per heavy atom. The van der Waals surface area contributed by atoms with Gasteiger partial charge in [0.05, 0.1) is 13.2 Å². The van der Waals surface area contributed by atoms with Crippen molar-refractivity contribution >= 4 is 0 Å². The molecule has 0 bridgehead atoms. The van der Waals surface area contributed by atoms with Crippen LogP contribution in [0.1, 0.15) is 18.8 Å². The first-order valence-corrected chi connectivity index (χ1v) is 8.06. The van der Waals surface area contributed by atoms with Crippen molar-refractivity contribution in [2.75, 3.05) is 26.9 Å². The van der Waals surface area contributed by atoms with E-state index in [9.17, 15) is 10.2 Å². The fraction of sp³-hybridized carbons (Fsp3) is 0.647. The predicted molar refractivity (Wildman–Crippen MR) is 80.9 cm³/mol. The molecule has 0 aliphatic carbocycles. The van der Waals surface area contributed by atoms with Crippen LogP contribution in [0.25, 0.3) is 0 Å². The third-order valence-corrected chi connectivity index (χ3v) is 4.40. The molecule has 0 saturated carbocycles. The van der Waals surface area contributed by atoms with E-state index >= 15 is 0 Å². The van der Waals surface area contributed by atoms with E-state index in [1.165, 1.54) is 7.11 Å². The second-order valence-corrected chi connectivity index (χ2v) is 5.96. The number of rotatable bonds is 5. The van der Waals surface area contributed by atoms with E-state index in [0.29, 0.717) is 6.61 Å². The molecule has 134 valence electrons. The minimum absolute atomic E-state index is 0. The van der Waals surface area contributed by atoms with Crippen LogP contribution in [0.15, 0.2) is 30.3 Å². The van der Waals surface area contributed by atoms with E-state index in [4.69, 9.17) is 23.7 Å². The Morgan fingerprint density at radius 1 is 1.28 bits per heavy atom. The first-order chi connectivity index (χ1) is 11.6. The van der Waals surface area contributed by atoms with Gasteiger partial charge in [-0.15, -0.1) is 0 Å². The van der Waals surface area contributed by atoms with Crippen molar-refractivity contribution in [1.82, 2.24) is 0 Å². The second kappa shape index (κ2) is 9.23. The zero-order chi connectivity index (χ0) is 17.2. The molecule has 1 N–H and O–H groups in total. The Labute approximate surface area is 169 Å². The zero-order valence-corrected chi connectivity index (χ0v) is 16.8. The van der Waals surface area contributed by atoms with Gasteiger partial charge in [-0.25, -0.2) is 0 Å². The molecule has 2 saturated heterocycles. The summed E-state index contributed by atoms with van der Waals surface area (Å²) in [7, 11) is 1.37. The van der Waals surface area contributed by atoms with Gasteiger partial charge < -0.3 is 33.9 Å². The van der Waals surface area contributed by atoms with Crippen LogP contribution in [0.4, 0.5) is 0 Å². The fourth-order valence-electron chi connectivity index (χ4n) is 3.12. The van der Waals surface area contributed by atoms with Crippen LogP contribution in [-0.4, -0.2) is 62.2 Å². The Balaban J connectivity index is 0.00000225. The summed E-state index contributed by atoms with van der Waals surface area (Å²) in [4.78, 5) is 0. The summed E-state index contributed by atoms with van der Waals surface area (Å²) >= 11 is 0. The van der Waals surface area contributed by atoms with Crippen molar-refractivity contribution in [2.24, 2.45) is 0 Å². The summed E-state index contributed by atoms with van der Waals surface area (Å²) in [5.74, 6) is 0. The molecule has 0 amide bonds. The zero-order valence-electron chi connectivity index (χ0n) is 14.8. The van der Waals surface area contributed by atoms with Gasteiger partial charge in [-0.1, -0.05) is 30.3 Å². The van der Waals surface area contributed by atoms with E-state index in [0.717, 1.165) is 5.56 Å². The van der Waals surface area contributed by atoms with Crippen LogP contribution in [0.2, 0.25) is 0 Å². The molecule has 0 radical (unpaired) electrons. The minimum Gasteiger partial charge on any atom is -0.846 e. The van der Waals surface area contributed by atoms with Crippen LogP contribution >= 0.6 is 0 Å². The molecule has 1 aromatic carbocycles. The normalized spacial score (nSPS) is 37.8. The summed E-state index contributed by atoms with van der Waals surface area (Å²) < 4.78 is 27.7. The summed E-state index contributed by atoms with van der Waals surface area (Å²) in [5, 5.41) is 23.7. The molecule has 3 rings (SSSR count). The van der Waals surface area contributed by atoms with Gasteiger partial charge in [0.1, 0.15) is 24.1 Å². The molecule has 2 heterocycles. The molecule has 7 nitrogen and oxygen atoms in total. The number of aliphatic hydroxyl groups is 1. The number of methoxy groups -OCH3 is 1. The van der Waals surface area contributed by atoms with Crippen LogP contribution in [0.5, 0.6) is 0 Å². The minimum atomic E-state index is -1.77. The van der Waals surface area contributed by atoms with Gasteiger partial charge in [0.15, 0.2) is 6.29 Å². The Kier molecular flexibility index (Phi) is 7.84. The average molecular weight is 362 g/mol. The van der Waals surface area contributed by atoms with E-state index in [1.807, 2.05) is 30.3 Å². The molecular weight excluding hydrogens is 339 g/mol. The number of ether oxygens (including phenoxy) is 5. The SMILES string of the molecule is CCOC[C@@]1(O)[C@H]([O-])[C@H](OC)O[C@@H]2COC(c3ccccc3)O[C@H]21.[Na+]. The van der Waals surface area contributed by atoms with Crippen LogP contribution < -0.4 is 34.7 Å². The summed E-state index contributed by atoms with van der Waals surface area (Å²) in [5.41, 5.74) is -0.956. The topological polar surface area (TPSA) is 89.4 Å². The van der Waals surface area contributed by atoms with Crippen LogP contribution in [0, 0.1) is 0 Å². The number of hydrogen-bond donors (Lipinski definition) is 1. The molecule has 8 heteroatoms. The smallest absolute Gasteiger partial charge is 0.846 e. The third kappa shape index (κ3) is 4.27. The molecule has 2 aliphatic rings. The van der Waals surface area contributed by atoms with E-state index < -0.39 is 36.5 Å². The molecule has 2 fully saturated rings. The monoisotopic (exact) mass is 362 g/mol. The van der Waals surface area contributed by atoms with E-state index in [-0.39, 0.29) is 42.8 Å². The number of benzene rings is 1. The van der Waals surface area contributed by atoms with Crippen molar-refractivity contribution in [3.8, 4) is 0 Å². The standard InChI is InChI=1S/C17H23O7.Na/c1-3-21-10-17(19)13(18)16(20-2)23-12-9-22-15(24-14(12)17)11-7-5-4-6-8-11;/h4-8,12-16,19H,3,9-10H2,1-2H3;/q-1;+1/t12-,13-,14-,15?,16-,17-;/m1./s1. The molecule has 0 spiro atoms. The van der Waals surface area contributed by atoms with Crippen molar-refractivity contribution in [3.63, 3.8) is 0 Å². The molecular formula is C17H23NaO7. The Bertz CT molecular complexity index is 531. The second-order valence-electron chi connectivity index (χ2n) is 5.96. The largest absolute Gasteiger partial charge is 1.00 e. The van der Waals surface area contributed by atoms with Gasteiger partial charge in [0, 0.05) is 19.3 Å². The van der Waals surface area contributed by atoms with Gasteiger partial charge in [-0.05, 0) is 13.0 Å². The van der Waals surface area contributed by atoms with Crippen LogP contribution in [0.3, 0.4) is 0 Å². The van der Waals surface area contributed by atoms with E-state index in [1.54, 1.807) is 6.92 Å². The van der Waals surface area contributed by atoms with Gasteiger partial charge in [-0.3, -0.25) is 0 Å². The van der Waals surface area contributed by atoms with Crippen molar-refractivity contribution < 1.29 is 63.5 Å². The molecule has 0 aromatic heterocycles. The number of hydrogen-bond acceptors (Lipinski definition) is 7. The predicted octanol–water partition coefficient (Wildman–Crippen LogP) is -3.03. The maximum Gasteiger partial charge on any atom is 1.00 e. The fourth-order valence-corrected chi connectivity index (χ4v) is 3.12. The Hall–Kier alpha value is -0.0600. The summed E-state index contributed by atoms with van der Waals surface area (Å²) in [6.45, 7) is 2.21. The maximum absolute atomic E-state index is 12.7. The molecule has 1 aromatic rings. The van der Waals surface area contributed by atoms with Crippen LogP contribution in [-0.2, 0) is 23.7 Å². The number of fused-ring (bicyclic) bond motifs is 1. The first-order valence-electron chi connectivity index (χ1n) is 8.06. The third-order valence-electron chi connectivity index (χ3n) is 4.40. The van der Waals surface area contributed by atoms with Gasteiger partial charge in [0.25, 0.3) is 0 Å². The summed E-state index contributed by atoms with van der Waals surface area (Å²) in [6, 6.07) is 9.36. The average Bonchev–Trinajstić information content (AvgIpc) is 2.63. The Morgan fingerprint density at radius 2 is 2.00 bits per heavy atom. The molecule has 1 unspecified atom stereocenters. The van der Waals surface area contributed by atoms with Crippen molar-refractivity contribution in [3.05, 3.63) is 35.9 Å². The maximum atomic E-state index is 12.7. The molecule has 6 atom stereocenters. The van der Waals surface area contributed by atoms with Gasteiger partial charge in [-0.2, -0.15) is 0 Å². The van der Waals surface area contributed by atoms with Gasteiger partial charge >= 0.3 is 29.6 Å². The molecule has 2 aliphatic heterocycles. The quantitative estimate of drug-likeness (QED) is 0.558. The van der Waals surface area contributed by atoms with E-state index in [2.05, 4.69) is 0 Å². The first kappa shape index (κ1) is 21.2. The van der Waals surface area contributed by atoms with Crippen molar-refractivity contribution in [1.29, 1.82) is 0 Å².